The van der Waals surface area contributed by atoms with Crippen molar-refractivity contribution in [1.82, 2.24) is 9.21 Å². The highest BCUT2D eigenvalue weighted by Gasteiger charge is 2.34. The Hall–Kier alpha value is -0.640. The Kier molecular flexibility index (Phi) is 5.99. The van der Waals surface area contributed by atoms with Gasteiger partial charge in [0.15, 0.2) is 0 Å². The molecule has 9 heteroatoms. The summed E-state index contributed by atoms with van der Waals surface area (Å²) in [5, 5.41) is 0. The number of rotatable bonds is 3. The van der Waals surface area contributed by atoms with Crippen LogP contribution < -0.4 is 0 Å². The summed E-state index contributed by atoms with van der Waals surface area (Å²) < 4.78 is 33.3. The molecule has 1 aromatic heterocycles. The van der Waals surface area contributed by atoms with Gasteiger partial charge in [-0.2, -0.15) is 4.31 Å². The van der Waals surface area contributed by atoms with Crippen molar-refractivity contribution in [2.75, 3.05) is 20.1 Å². The van der Waals surface area contributed by atoms with E-state index in [-0.39, 0.29) is 6.04 Å². The number of halogens is 1. The maximum absolute atomic E-state index is 12.7. The minimum atomic E-state index is -3.56. The zero-order valence-electron chi connectivity index (χ0n) is 14.3. The molecule has 24 heavy (non-hydrogen) atoms. The molecule has 0 aromatic carbocycles. The van der Waals surface area contributed by atoms with Crippen LogP contribution in [0.2, 0.25) is 0 Å². The SMILES string of the molecule is CN(C1CCCN(C(=O)OC(C)(C)C)C1)S(=O)(=O)c1ccc(Br)s1. The van der Waals surface area contributed by atoms with Gasteiger partial charge in [-0.05, 0) is 61.7 Å². The first-order valence-electron chi connectivity index (χ1n) is 7.72. The van der Waals surface area contributed by atoms with Gasteiger partial charge < -0.3 is 9.64 Å². The number of likely N-dealkylation sites (tertiary alicyclic amines) is 1. The summed E-state index contributed by atoms with van der Waals surface area (Å²) >= 11 is 4.48. The topological polar surface area (TPSA) is 66.9 Å². The molecular weight excluding hydrogens is 416 g/mol. The Bertz CT molecular complexity index is 697. The maximum atomic E-state index is 12.7. The lowest BCUT2D eigenvalue weighted by Gasteiger charge is -2.37. The molecule has 1 aliphatic heterocycles. The molecular formula is C15H23BrN2O4S2. The van der Waals surface area contributed by atoms with Crippen LogP contribution in [0.5, 0.6) is 0 Å². The molecule has 136 valence electrons. The molecule has 1 aromatic rings. The molecule has 0 bridgehead atoms. The average Bonchev–Trinajstić information content (AvgIpc) is 2.92. The molecule has 1 amide bonds. The second-order valence-corrected chi connectivity index (χ2v) is 11.5. The number of sulfonamides is 1. The third kappa shape index (κ3) is 4.71. The fourth-order valence-electron chi connectivity index (χ4n) is 2.52. The molecule has 1 fully saturated rings. The third-order valence-corrected chi connectivity index (χ3v) is 7.75. The van der Waals surface area contributed by atoms with Crippen molar-refractivity contribution in [2.45, 2.75) is 49.5 Å². The average molecular weight is 439 g/mol. The number of carbonyl (C=O) groups is 1. The van der Waals surface area contributed by atoms with Gasteiger partial charge in [0.1, 0.15) is 9.81 Å². The lowest BCUT2D eigenvalue weighted by Crippen LogP contribution is -2.51. The number of carbonyl (C=O) groups excluding carboxylic acids is 1. The molecule has 1 aliphatic rings. The molecule has 0 spiro atoms. The Morgan fingerprint density at radius 1 is 1.42 bits per heavy atom. The van der Waals surface area contributed by atoms with Crippen molar-refractivity contribution in [3.63, 3.8) is 0 Å². The summed E-state index contributed by atoms with van der Waals surface area (Å²) in [7, 11) is -1.98. The monoisotopic (exact) mass is 438 g/mol. The van der Waals surface area contributed by atoms with E-state index in [1.165, 1.54) is 15.6 Å². The number of hydrogen-bond acceptors (Lipinski definition) is 5. The molecule has 1 unspecified atom stereocenters. The van der Waals surface area contributed by atoms with E-state index in [1.54, 1.807) is 24.1 Å². The summed E-state index contributed by atoms with van der Waals surface area (Å²) in [6.45, 7) is 6.38. The van der Waals surface area contributed by atoms with Gasteiger partial charge in [-0.15, -0.1) is 11.3 Å². The van der Waals surface area contributed by atoms with E-state index < -0.39 is 21.7 Å². The van der Waals surface area contributed by atoms with Gasteiger partial charge in [0, 0.05) is 26.2 Å². The van der Waals surface area contributed by atoms with Crippen LogP contribution in [-0.4, -0.2) is 55.5 Å². The van der Waals surface area contributed by atoms with Crippen LogP contribution in [0.4, 0.5) is 4.79 Å². The highest BCUT2D eigenvalue weighted by Crippen LogP contribution is 2.30. The fraction of sp³-hybridized carbons (Fsp3) is 0.667. The molecule has 2 heterocycles. The standard InChI is InChI=1S/C15H23BrN2O4S2/c1-15(2,3)22-14(19)18-9-5-6-11(10-18)17(4)24(20,21)13-8-7-12(16)23-13/h7-8,11H,5-6,9-10H2,1-4H3. The van der Waals surface area contributed by atoms with E-state index in [2.05, 4.69) is 15.9 Å². The number of likely N-dealkylation sites (N-methyl/N-ethyl adjacent to an activating group) is 1. The lowest BCUT2D eigenvalue weighted by atomic mass is 10.1. The van der Waals surface area contributed by atoms with Crippen LogP contribution >= 0.6 is 27.3 Å². The Morgan fingerprint density at radius 3 is 2.62 bits per heavy atom. The van der Waals surface area contributed by atoms with Crippen LogP contribution in [-0.2, 0) is 14.8 Å². The first-order chi connectivity index (χ1) is 11.0. The van der Waals surface area contributed by atoms with Crippen LogP contribution in [0.25, 0.3) is 0 Å². The number of hydrogen-bond donors (Lipinski definition) is 0. The highest BCUT2D eigenvalue weighted by molar-refractivity contribution is 9.11. The number of thiophene rings is 1. The number of piperidine rings is 1. The molecule has 0 saturated carbocycles. The molecule has 1 atom stereocenters. The van der Waals surface area contributed by atoms with Crippen molar-refractivity contribution in [2.24, 2.45) is 0 Å². The quantitative estimate of drug-likeness (QED) is 0.723. The minimum Gasteiger partial charge on any atom is -0.444 e. The van der Waals surface area contributed by atoms with Gasteiger partial charge in [0.2, 0.25) is 0 Å². The predicted molar refractivity (Wildman–Crippen MR) is 97.8 cm³/mol. The maximum Gasteiger partial charge on any atom is 0.410 e. The van der Waals surface area contributed by atoms with E-state index in [1.807, 2.05) is 20.8 Å². The van der Waals surface area contributed by atoms with Gasteiger partial charge in [0.25, 0.3) is 10.0 Å². The molecule has 1 saturated heterocycles. The summed E-state index contributed by atoms with van der Waals surface area (Å²) in [5.74, 6) is 0. The van der Waals surface area contributed by atoms with Gasteiger partial charge in [-0.25, -0.2) is 13.2 Å². The first kappa shape index (κ1) is 19.7. The smallest absolute Gasteiger partial charge is 0.410 e. The molecule has 0 radical (unpaired) electrons. The van der Waals surface area contributed by atoms with Crippen molar-refractivity contribution < 1.29 is 17.9 Å². The van der Waals surface area contributed by atoms with Gasteiger partial charge in [0.05, 0.1) is 3.79 Å². The Labute approximate surface area is 156 Å². The van der Waals surface area contributed by atoms with E-state index in [0.717, 1.165) is 16.6 Å². The fourth-order valence-corrected chi connectivity index (χ4v) is 6.09. The van der Waals surface area contributed by atoms with E-state index in [9.17, 15) is 13.2 Å². The summed E-state index contributed by atoms with van der Waals surface area (Å²) in [6, 6.07) is 3.06. The summed E-state index contributed by atoms with van der Waals surface area (Å²) in [6.07, 6.45) is 1.08. The van der Waals surface area contributed by atoms with Crippen molar-refractivity contribution in [1.29, 1.82) is 0 Å². The Morgan fingerprint density at radius 2 is 2.08 bits per heavy atom. The van der Waals surface area contributed by atoms with Crippen molar-refractivity contribution in [3.8, 4) is 0 Å². The van der Waals surface area contributed by atoms with Crippen molar-refractivity contribution in [3.05, 3.63) is 15.9 Å². The lowest BCUT2D eigenvalue weighted by molar-refractivity contribution is 0.0163. The van der Waals surface area contributed by atoms with Gasteiger partial charge in [-0.3, -0.25) is 0 Å². The summed E-state index contributed by atoms with van der Waals surface area (Å²) in [4.78, 5) is 13.8. The molecule has 0 N–H and O–H groups in total. The van der Waals surface area contributed by atoms with Crippen LogP contribution in [0, 0.1) is 0 Å². The highest BCUT2D eigenvalue weighted by atomic mass is 79.9. The van der Waals surface area contributed by atoms with Crippen LogP contribution in [0.3, 0.4) is 0 Å². The van der Waals surface area contributed by atoms with E-state index >= 15 is 0 Å². The Balaban J connectivity index is 2.10. The number of ether oxygens (including phenoxy) is 1. The molecule has 2 rings (SSSR count). The predicted octanol–water partition coefficient (Wildman–Crippen LogP) is 3.53. The first-order valence-corrected chi connectivity index (χ1v) is 10.8. The zero-order chi connectivity index (χ0) is 18.1. The minimum absolute atomic E-state index is 0.253. The van der Waals surface area contributed by atoms with Crippen LogP contribution in [0.1, 0.15) is 33.6 Å². The van der Waals surface area contributed by atoms with Crippen LogP contribution in [0.15, 0.2) is 20.1 Å². The largest absolute Gasteiger partial charge is 0.444 e. The van der Waals surface area contributed by atoms with Gasteiger partial charge in [-0.1, -0.05) is 0 Å². The second-order valence-electron chi connectivity index (χ2n) is 6.80. The molecule has 6 nitrogen and oxygen atoms in total. The third-order valence-electron chi connectivity index (χ3n) is 3.74. The number of amides is 1. The summed E-state index contributed by atoms with van der Waals surface area (Å²) in [5.41, 5.74) is -0.564. The van der Waals surface area contributed by atoms with E-state index in [0.29, 0.717) is 17.3 Å². The zero-order valence-corrected chi connectivity index (χ0v) is 17.5. The number of nitrogens with zero attached hydrogens (tertiary/aromatic N) is 2. The second kappa shape index (κ2) is 7.31. The van der Waals surface area contributed by atoms with E-state index in [4.69, 9.17) is 4.74 Å². The molecule has 0 aliphatic carbocycles. The normalized spacial score (nSPS) is 19.6. The van der Waals surface area contributed by atoms with Gasteiger partial charge >= 0.3 is 6.09 Å². The van der Waals surface area contributed by atoms with Crippen molar-refractivity contribution >= 4 is 43.4 Å².